The SMILES string of the molecule is CCC1CCCC(C(NC)c2ccc(C3CCC3)cc2)C1. The Balaban J connectivity index is 1.69. The molecule has 3 unspecified atom stereocenters. The van der Waals surface area contributed by atoms with Gasteiger partial charge in [-0.3, -0.25) is 0 Å². The highest BCUT2D eigenvalue weighted by Gasteiger charge is 2.28. The Hall–Kier alpha value is -0.820. The van der Waals surface area contributed by atoms with Crippen molar-refractivity contribution < 1.29 is 0 Å². The zero-order chi connectivity index (χ0) is 14.7. The molecule has 1 N–H and O–H groups in total. The maximum atomic E-state index is 3.61. The molecular formula is C20H31N. The number of rotatable bonds is 5. The molecule has 0 radical (unpaired) electrons. The molecule has 2 aliphatic carbocycles. The van der Waals surface area contributed by atoms with Gasteiger partial charge in [0, 0.05) is 6.04 Å². The zero-order valence-electron chi connectivity index (χ0n) is 13.8. The number of nitrogens with one attached hydrogen (secondary N) is 1. The van der Waals surface area contributed by atoms with Gasteiger partial charge in [-0.15, -0.1) is 0 Å². The van der Waals surface area contributed by atoms with E-state index in [9.17, 15) is 0 Å². The predicted molar refractivity (Wildman–Crippen MR) is 90.6 cm³/mol. The average Bonchev–Trinajstić information content (AvgIpc) is 2.48. The molecule has 1 aromatic rings. The summed E-state index contributed by atoms with van der Waals surface area (Å²) in [5.41, 5.74) is 3.07. The van der Waals surface area contributed by atoms with Crippen molar-refractivity contribution in [1.29, 1.82) is 0 Å². The van der Waals surface area contributed by atoms with Crippen molar-refractivity contribution in [2.45, 2.75) is 70.3 Å². The molecule has 2 aliphatic rings. The first-order valence-corrected chi connectivity index (χ1v) is 9.09. The van der Waals surface area contributed by atoms with Crippen LogP contribution < -0.4 is 5.32 Å². The second-order valence-electron chi connectivity index (χ2n) is 7.26. The fraction of sp³-hybridized carbons (Fsp3) is 0.700. The maximum Gasteiger partial charge on any atom is 0.0346 e. The van der Waals surface area contributed by atoms with E-state index in [1.165, 1.54) is 56.9 Å². The summed E-state index contributed by atoms with van der Waals surface area (Å²) in [7, 11) is 2.14. The lowest BCUT2D eigenvalue weighted by Gasteiger charge is -2.35. The highest BCUT2D eigenvalue weighted by atomic mass is 14.9. The molecule has 1 heteroatoms. The molecule has 1 nitrogen and oxygen atoms in total. The topological polar surface area (TPSA) is 12.0 Å². The lowest BCUT2D eigenvalue weighted by atomic mass is 9.74. The molecule has 3 atom stereocenters. The van der Waals surface area contributed by atoms with E-state index in [2.05, 4.69) is 43.6 Å². The maximum absolute atomic E-state index is 3.61. The average molecular weight is 285 g/mol. The van der Waals surface area contributed by atoms with Gasteiger partial charge in [0.15, 0.2) is 0 Å². The molecule has 0 saturated heterocycles. The second kappa shape index (κ2) is 6.96. The van der Waals surface area contributed by atoms with E-state index >= 15 is 0 Å². The fourth-order valence-electron chi connectivity index (χ4n) is 4.40. The number of hydrogen-bond donors (Lipinski definition) is 1. The van der Waals surface area contributed by atoms with Crippen LogP contribution in [0.2, 0.25) is 0 Å². The van der Waals surface area contributed by atoms with E-state index in [1.54, 1.807) is 5.56 Å². The standard InChI is InChI=1S/C20H31N/c1-3-15-6-4-9-19(14-15)20(21-2)18-12-10-17(11-13-18)16-7-5-8-16/h10-13,15-16,19-21H,3-9,14H2,1-2H3. The first-order valence-electron chi connectivity index (χ1n) is 9.09. The molecule has 21 heavy (non-hydrogen) atoms. The third-order valence-corrected chi connectivity index (χ3v) is 6.06. The highest BCUT2D eigenvalue weighted by molar-refractivity contribution is 5.29. The van der Waals surface area contributed by atoms with E-state index in [1.807, 2.05) is 0 Å². The van der Waals surface area contributed by atoms with Crippen molar-refractivity contribution >= 4 is 0 Å². The minimum atomic E-state index is 0.551. The lowest BCUT2D eigenvalue weighted by Crippen LogP contribution is -2.29. The summed E-state index contributed by atoms with van der Waals surface area (Å²) in [4.78, 5) is 0. The highest BCUT2D eigenvalue weighted by Crippen LogP contribution is 2.40. The normalized spacial score (nSPS) is 28.1. The summed E-state index contributed by atoms with van der Waals surface area (Å²) in [6.07, 6.45) is 11.2. The molecule has 0 spiro atoms. The number of hydrogen-bond acceptors (Lipinski definition) is 1. The quantitative estimate of drug-likeness (QED) is 0.760. The van der Waals surface area contributed by atoms with Crippen LogP contribution >= 0.6 is 0 Å². The van der Waals surface area contributed by atoms with Gasteiger partial charge in [0.25, 0.3) is 0 Å². The first-order chi connectivity index (χ1) is 10.3. The van der Waals surface area contributed by atoms with E-state index in [4.69, 9.17) is 0 Å². The van der Waals surface area contributed by atoms with Crippen LogP contribution in [0.25, 0.3) is 0 Å². The Morgan fingerprint density at radius 2 is 1.76 bits per heavy atom. The van der Waals surface area contributed by atoms with Crippen LogP contribution in [0.1, 0.15) is 81.4 Å². The smallest absolute Gasteiger partial charge is 0.0346 e. The minimum absolute atomic E-state index is 0.551. The Morgan fingerprint density at radius 3 is 2.33 bits per heavy atom. The van der Waals surface area contributed by atoms with Gasteiger partial charge in [0.05, 0.1) is 0 Å². The number of benzene rings is 1. The van der Waals surface area contributed by atoms with E-state index in [-0.39, 0.29) is 0 Å². The molecule has 0 aliphatic heterocycles. The molecule has 0 aromatic heterocycles. The van der Waals surface area contributed by atoms with Crippen LogP contribution in [0.3, 0.4) is 0 Å². The molecule has 1 aromatic carbocycles. The predicted octanol–water partition coefficient (Wildman–Crippen LogP) is 5.43. The lowest BCUT2D eigenvalue weighted by molar-refractivity contribution is 0.214. The molecule has 2 fully saturated rings. The summed E-state index contributed by atoms with van der Waals surface area (Å²) in [6.45, 7) is 2.36. The van der Waals surface area contributed by atoms with Crippen LogP contribution in [0.4, 0.5) is 0 Å². The third kappa shape index (κ3) is 3.34. The van der Waals surface area contributed by atoms with Crippen LogP contribution in [-0.2, 0) is 0 Å². The van der Waals surface area contributed by atoms with Gasteiger partial charge in [-0.25, -0.2) is 0 Å². The summed E-state index contributed by atoms with van der Waals surface area (Å²) < 4.78 is 0. The largest absolute Gasteiger partial charge is 0.313 e. The third-order valence-electron chi connectivity index (χ3n) is 6.06. The minimum Gasteiger partial charge on any atom is -0.313 e. The van der Waals surface area contributed by atoms with Gasteiger partial charge in [0.1, 0.15) is 0 Å². The Bertz CT molecular complexity index is 432. The first kappa shape index (κ1) is 15.1. The van der Waals surface area contributed by atoms with E-state index < -0.39 is 0 Å². The van der Waals surface area contributed by atoms with Gasteiger partial charge < -0.3 is 5.32 Å². The van der Waals surface area contributed by atoms with Crippen LogP contribution in [0.15, 0.2) is 24.3 Å². The monoisotopic (exact) mass is 285 g/mol. The summed E-state index contributed by atoms with van der Waals surface area (Å²) in [5, 5.41) is 3.61. The van der Waals surface area contributed by atoms with Crippen LogP contribution in [0, 0.1) is 11.8 Å². The van der Waals surface area contributed by atoms with Gasteiger partial charge in [0.2, 0.25) is 0 Å². The van der Waals surface area contributed by atoms with E-state index in [0.29, 0.717) is 6.04 Å². The summed E-state index contributed by atoms with van der Waals surface area (Å²) in [5.74, 6) is 2.63. The summed E-state index contributed by atoms with van der Waals surface area (Å²) >= 11 is 0. The molecular weight excluding hydrogens is 254 g/mol. The molecule has 0 bridgehead atoms. The Morgan fingerprint density at radius 1 is 1.05 bits per heavy atom. The molecule has 0 amide bonds. The van der Waals surface area contributed by atoms with Crippen molar-refractivity contribution in [3.8, 4) is 0 Å². The van der Waals surface area contributed by atoms with Crippen LogP contribution in [-0.4, -0.2) is 7.05 Å². The second-order valence-corrected chi connectivity index (χ2v) is 7.26. The Kier molecular flexibility index (Phi) is 5.00. The summed E-state index contributed by atoms with van der Waals surface area (Å²) in [6, 6.07) is 10.1. The van der Waals surface area contributed by atoms with Crippen molar-refractivity contribution in [2.75, 3.05) is 7.05 Å². The zero-order valence-corrected chi connectivity index (χ0v) is 13.8. The van der Waals surface area contributed by atoms with Crippen LogP contribution in [0.5, 0.6) is 0 Å². The van der Waals surface area contributed by atoms with Gasteiger partial charge in [-0.05, 0) is 61.6 Å². The van der Waals surface area contributed by atoms with Crippen molar-refractivity contribution in [3.05, 3.63) is 35.4 Å². The molecule has 2 saturated carbocycles. The van der Waals surface area contributed by atoms with Gasteiger partial charge in [-0.2, -0.15) is 0 Å². The van der Waals surface area contributed by atoms with Crippen molar-refractivity contribution in [1.82, 2.24) is 5.32 Å². The van der Waals surface area contributed by atoms with E-state index in [0.717, 1.165) is 17.8 Å². The molecule has 0 heterocycles. The Labute approximate surface area is 130 Å². The van der Waals surface area contributed by atoms with Gasteiger partial charge in [-0.1, -0.05) is 56.9 Å². The fourth-order valence-corrected chi connectivity index (χ4v) is 4.40. The molecule has 3 rings (SSSR count). The van der Waals surface area contributed by atoms with Crippen molar-refractivity contribution in [3.63, 3.8) is 0 Å². The molecule has 116 valence electrons. The van der Waals surface area contributed by atoms with Crippen molar-refractivity contribution in [2.24, 2.45) is 11.8 Å². The van der Waals surface area contributed by atoms with Gasteiger partial charge >= 0.3 is 0 Å².